The predicted octanol–water partition coefficient (Wildman–Crippen LogP) is 0.570. The zero-order valence-corrected chi connectivity index (χ0v) is 10.4. The number of rotatable bonds is 7. The van der Waals surface area contributed by atoms with E-state index in [1.807, 2.05) is 27.9 Å². The van der Waals surface area contributed by atoms with Crippen molar-refractivity contribution in [2.24, 2.45) is 5.73 Å². The summed E-state index contributed by atoms with van der Waals surface area (Å²) in [6.45, 7) is 4.95. The topological polar surface area (TPSA) is 58.4 Å². The van der Waals surface area contributed by atoms with Crippen molar-refractivity contribution in [2.75, 3.05) is 20.6 Å². The quantitative estimate of drug-likeness (QED) is 0.653. The molecule has 15 heavy (non-hydrogen) atoms. The molecule has 0 rings (SSSR count). The summed E-state index contributed by atoms with van der Waals surface area (Å²) in [6, 6.07) is 0.348. The lowest BCUT2D eigenvalue weighted by atomic mass is 10.1. The van der Waals surface area contributed by atoms with Gasteiger partial charge in [-0.25, -0.2) is 0 Å². The first-order valence-corrected chi connectivity index (χ1v) is 5.61. The standard InChI is InChI=1S/C11H25N3O/c1-9(12)5-6-11(15)13-10(2)7-8-14(3)4/h9-10H,5-8,12H2,1-4H3,(H,13,15). The zero-order chi connectivity index (χ0) is 11.8. The highest BCUT2D eigenvalue weighted by atomic mass is 16.1. The van der Waals surface area contributed by atoms with Gasteiger partial charge in [0.05, 0.1) is 0 Å². The Morgan fingerprint density at radius 2 is 1.93 bits per heavy atom. The van der Waals surface area contributed by atoms with E-state index in [-0.39, 0.29) is 18.0 Å². The molecule has 0 aliphatic heterocycles. The Kier molecular flexibility index (Phi) is 7.34. The summed E-state index contributed by atoms with van der Waals surface area (Å²) in [5, 5.41) is 2.97. The number of hydrogen-bond donors (Lipinski definition) is 2. The molecule has 0 aromatic heterocycles. The lowest BCUT2D eigenvalue weighted by molar-refractivity contribution is -0.121. The van der Waals surface area contributed by atoms with Gasteiger partial charge in [0.15, 0.2) is 0 Å². The van der Waals surface area contributed by atoms with Crippen LogP contribution < -0.4 is 11.1 Å². The first kappa shape index (κ1) is 14.4. The summed E-state index contributed by atoms with van der Waals surface area (Å²) < 4.78 is 0. The van der Waals surface area contributed by atoms with Crippen LogP contribution in [0, 0.1) is 0 Å². The summed E-state index contributed by atoms with van der Waals surface area (Å²) in [5.41, 5.74) is 5.58. The molecule has 0 aliphatic carbocycles. The molecule has 0 fully saturated rings. The van der Waals surface area contributed by atoms with Gasteiger partial charge in [0.25, 0.3) is 0 Å². The second-order valence-corrected chi connectivity index (χ2v) is 4.58. The monoisotopic (exact) mass is 215 g/mol. The van der Waals surface area contributed by atoms with Crippen LogP contribution in [0.15, 0.2) is 0 Å². The molecule has 2 unspecified atom stereocenters. The van der Waals surface area contributed by atoms with Gasteiger partial charge in [-0.2, -0.15) is 0 Å². The molecule has 0 saturated carbocycles. The van der Waals surface area contributed by atoms with Crippen molar-refractivity contribution in [1.82, 2.24) is 10.2 Å². The fraction of sp³-hybridized carbons (Fsp3) is 0.909. The van der Waals surface area contributed by atoms with E-state index in [2.05, 4.69) is 10.2 Å². The molecule has 0 aliphatic rings. The highest BCUT2D eigenvalue weighted by Gasteiger charge is 2.08. The summed E-state index contributed by atoms with van der Waals surface area (Å²) in [6.07, 6.45) is 2.27. The molecular formula is C11H25N3O. The highest BCUT2D eigenvalue weighted by molar-refractivity contribution is 5.76. The Balaban J connectivity index is 3.57. The van der Waals surface area contributed by atoms with E-state index in [1.54, 1.807) is 0 Å². The molecule has 4 heteroatoms. The minimum Gasteiger partial charge on any atom is -0.354 e. The molecule has 0 heterocycles. The molecule has 0 radical (unpaired) electrons. The second-order valence-electron chi connectivity index (χ2n) is 4.58. The van der Waals surface area contributed by atoms with Crippen molar-refractivity contribution < 1.29 is 4.79 Å². The van der Waals surface area contributed by atoms with E-state index in [1.165, 1.54) is 0 Å². The van der Waals surface area contributed by atoms with Gasteiger partial charge < -0.3 is 16.0 Å². The number of amides is 1. The highest BCUT2D eigenvalue weighted by Crippen LogP contribution is 1.97. The van der Waals surface area contributed by atoms with Crippen molar-refractivity contribution in [3.8, 4) is 0 Å². The second kappa shape index (κ2) is 7.65. The van der Waals surface area contributed by atoms with Crippen LogP contribution in [0.3, 0.4) is 0 Å². The van der Waals surface area contributed by atoms with E-state index in [0.29, 0.717) is 6.42 Å². The molecule has 2 atom stereocenters. The summed E-state index contributed by atoms with van der Waals surface area (Å²) >= 11 is 0. The lowest BCUT2D eigenvalue weighted by Crippen LogP contribution is -2.35. The molecule has 0 bridgehead atoms. The maximum atomic E-state index is 11.4. The fourth-order valence-corrected chi connectivity index (χ4v) is 1.23. The number of nitrogens with two attached hydrogens (primary N) is 1. The number of hydrogen-bond acceptors (Lipinski definition) is 3. The van der Waals surface area contributed by atoms with Crippen molar-refractivity contribution in [3.05, 3.63) is 0 Å². The van der Waals surface area contributed by atoms with Crippen molar-refractivity contribution in [1.29, 1.82) is 0 Å². The Morgan fingerprint density at radius 1 is 1.33 bits per heavy atom. The minimum atomic E-state index is 0.104. The van der Waals surface area contributed by atoms with Crippen LogP contribution in [0.4, 0.5) is 0 Å². The third-order valence-corrected chi connectivity index (χ3v) is 2.24. The fourth-order valence-electron chi connectivity index (χ4n) is 1.23. The molecule has 3 N–H and O–H groups in total. The molecule has 0 aromatic rings. The summed E-state index contributed by atoms with van der Waals surface area (Å²) in [7, 11) is 4.06. The molecule has 0 saturated heterocycles. The van der Waals surface area contributed by atoms with Crippen LogP contribution in [0.5, 0.6) is 0 Å². The maximum absolute atomic E-state index is 11.4. The third kappa shape index (κ3) is 9.69. The number of carbonyl (C=O) groups excluding carboxylic acids is 1. The van der Waals surface area contributed by atoms with Gasteiger partial charge >= 0.3 is 0 Å². The summed E-state index contributed by atoms with van der Waals surface area (Å²) in [4.78, 5) is 13.5. The van der Waals surface area contributed by atoms with Gasteiger partial charge in [0, 0.05) is 18.5 Å². The van der Waals surface area contributed by atoms with Gasteiger partial charge in [-0.05, 0) is 47.3 Å². The normalized spacial score (nSPS) is 15.1. The predicted molar refractivity (Wildman–Crippen MR) is 63.7 cm³/mol. The minimum absolute atomic E-state index is 0.104. The van der Waals surface area contributed by atoms with Crippen molar-refractivity contribution >= 4 is 5.91 Å². The van der Waals surface area contributed by atoms with Crippen molar-refractivity contribution in [3.63, 3.8) is 0 Å². The average Bonchev–Trinajstić information content (AvgIpc) is 2.11. The largest absolute Gasteiger partial charge is 0.354 e. The maximum Gasteiger partial charge on any atom is 0.220 e. The van der Waals surface area contributed by atoms with Crippen LogP contribution in [0.2, 0.25) is 0 Å². The molecule has 4 nitrogen and oxygen atoms in total. The number of carbonyl (C=O) groups is 1. The number of nitrogens with one attached hydrogen (secondary N) is 1. The van der Waals surface area contributed by atoms with Gasteiger partial charge in [0.1, 0.15) is 0 Å². The molecular weight excluding hydrogens is 190 g/mol. The zero-order valence-electron chi connectivity index (χ0n) is 10.4. The van der Waals surface area contributed by atoms with Crippen LogP contribution in [0.25, 0.3) is 0 Å². The van der Waals surface area contributed by atoms with E-state index < -0.39 is 0 Å². The SMILES string of the molecule is CC(N)CCC(=O)NC(C)CCN(C)C. The smallest absolute Gasteiger partial charge is 0.220 e. The Bertz CT molecular complexity index is 181. The molecule has 0 spiro atoms. The van der Waals surface area contributed by atoms with Crippen LogP contribution in [0.1, 0.15) is 33.1 Å². The first-order chi connectivity index (χ1) is 6.91. The molecule has 90 valence electrons. The Hall–Kier alpha value is -0.610. The molecule has 0 aromatic carbocycles. The third-order valence-electron chi connectivity index (χ3n) is 2.24. The van der Waals surface area contributed by atoms with Gasteiger partial charge in [-0.15, -0.1) is 0 Å². The van der Waals surface area contributed by atoms with Gasteiger partial charge in [0.2, 0.25) is 5.91 Å². The van der Waals surface area contributed by atoms with Crippen molar-refractivity contribution in [2.45, 2.75) is 45.2 Å². The Morgan fingerprint density at radius 3 is 2.40 bits per heavy atom. The summed E-state index contributed by atoms with van der Waals surface area (Å²) in [5.74, 6) is 0.110. The van der Waals surface area contributed by atoms with Crippen LogP contribution >= 0.6 is 0 Å². The van der Waals surface area contributed by atoms with E-state index >= 15 is 0 Å². The van der Waals surface area contributed by atoms with Gasteiger partial charge in [-0.1, -0.05) is 0 Å². The van der Waals surface area contributed by atoms with E-state index in [9.17, 15) is 4.79 Å². The van der Waals surface area contributed by atoms with Gasteiger partial charge in [-0.3, -0.25) is 4.79 Å². The average molecular weight is 215 g/mol. The first-order valence-electron chi connectivity index (χ1n) is 5.61. The molecule has 1 amide bonds. The Labute approximate surface area is 93.2 Å². The van der Waals surface area contributed by atoms with Crippen LogP contribution in [-0.4, -0.2) is 43.5 Å². The number of nitrogens with zero attached hydrogens (tertiary/aromatic N) is 1. The van der Waals surface area contributed by atoms with E-state index in [0.717, 1.165) is 19.4 Å². The van der Waals surface area contributed by atoms with E-state index in [4.69, 9.17) is 5.73 Å². The van der Waals surface area contributed by atoms with Crippen LogP contribution in [-0.2, 0) is 4.79 Å². The lowest BCUT2D eigenvalue weighted by Gasteiger charge is -2.16.